The Kier molecular flexibility index (Phi) is 3.33. The fourth-order valence-electron chi connectivity index (χ4n) is 2.53. The van der Waals surface area contributed by atoms with Crippen molar-refractivity contribution in [2.45, 2.75) is 19.4 Å². The number of hydrogen-bond donors (Lipinski definition) is 1. The van der Waals surface area contributed by atoms with Crippen molar-refractivity contribution in [3.8, 4) is 5.75 Å². The molecule has 1 aliphatic heterocycles. The zero-order valence-corrected chi connectivity index (χ0v) is 12.3. The van der Waals surface area contributed by atoms with Crippen LogP contribution in [0.3, 0.4) is 0 Å². The fourth-order valence-corrected chi connectivity index (χ4v) is 2.91. The molecule has 2 nitrogen and oxygen atoms in total. The number of aryl methyl sites for hydroxylation is 1. The van der Waals surface area contributed by atoms with E-state index >= 15 is 0 Å². The molecule has 0 saturated carbocycles. The summed E-state index contributed by atoms with van der Waals surface area (Å²) in [5.41, 5.74) is 4.03. The van der Waals surface area contributed by atoms with Gasteiger partial charge in [-0.15, -0.1) is 0 Å². The summed E-state index contributed by atoms with van der Waals surface area (Å²) in [6, 6.07) is 11.9. The second-order valence-electron chi connectivity index (χ2n) is 4.84. The van der Waals surface area contributed by atoms with Gasteiger partial charge in [0.1, 0.15) is 11.9 Å². The van der Waals surface area contributed by atoms with Crippen LogP contribution in [0, 0.1) is 6.92 Å². The number of fused-ring (bicyclic) bond motifs is 1. The third-order valence-corrected chi connectivity index (χ3v) is 4.07. The first-order valence-corrected chi connectivity index (χ1v) is 7.15. The molecular weight excluding hydrogens is 304 g/mol. The average molecular weight is 319 g/mol. The van der Waals surface area contributed by atoms with Crippen LogP contribution in [0.5, 0.6) is 5.75 Å². The Morgan fingerprint density at radius 1 is 1.21 bits per heavy atom. The van der Waals surface area contributed by atoms with Crippen molar-refractivity contribution in [1.82, 2.24) is 0 Å². The van der Waals surface area contributed by atoms with E-state index in [0.717, 1.165) is 33.3 Å². The third kappa shape index (κ3) is 2.28. The van der Waals surface area contributed by atoms with Crippen LogP contribution in [0.2, 0.25) is 0 Å². The molecule has 98 valence electrons. The lowest BCUT2D eigenvalue weighted by Gasteiger charge is -2.17. The predicted octanol–water partition coefficient (Wildman–Crippen LogP) is 3.77. The summed E-state index contributed by atoms with van der Waals surface area (Å²) in [6.45, 7) is 2.71. The van der Waals surface area contributed by atoms with Gasteiger partial charge in [0.05, 0.1) is 6.61 Å². The second-order valence-corrected chi connectivity index (χ2v) is 5.75. The SMILES string of the molecule is Cc1ccc(Br)cc1C(O)c1cccc2c1OCC2. The monoisotopic (exact) mass is 318 g/mol. The van der Waals surface area contributed by atoms with Crippen molar-refractivity contribution in [2.24, 2.45) is 0 Å². The molecule has 19 heavy (non-hydrogen) atoms. The van der Waals surface area contributed by atoms with E-state index < -0.39 is 6.10 Å². The Labute approximate surface area is 121 Å². The maximum Gasteiger partial charge on any atom is 0.128 e. The number of aliphatic hydroxyl groups is 1. The maximum atomic E-state index is 10.7. The minimum absolute atomic E-state index is 0.648. The molecule has 0 aromatic heterocycles. The summed E-state index contributed by atoms with van der Waals surface area (Å²) in [7, 11) is 0. The molecule has 1 aliphatic rings. The van der Waals surface area contributed by atoms with Gasteiger partial charge in [-0.3, -0.25) is 0 Å². The van der Waals surface area contributed by atoms with Crippen LogP contribution < -0.4 is 4.74 Å². The smallest absolute Gasteiger partial charge is 0.128 e. The Hall–Kier alpha value is -1.32. The molecule has 0 saturated heterocycles. The first-order chi connectivity index (χ1) is 9.16. The topological polar surface area (TPSA) is 29.5 Å². The lowest BCUT2D eigenvalue weighted by atomic mass is 9.95. The van der Waals surface area contributed by atoms with Gasteiger partial charge in [0, 0.05) is 16.5 Å². The van der Waals surface area contributed by atoms with E-state index in [1.54, 1.807) is 0 Å². The molecule has 2 aromatic rings. The highest BCUT2D eigenvalue weighted by Crippen LogP contribution is 2.37. The summed E-state index contributed by atoms with van der Waals surface area (Å²) in [5.74, 6) is 0.856. The largest absolute Gasteiger partial charge is 0.493 e. The summed E-state index contributed by atoms with van der Waals surface area (Å²) in [6.07, 6.45) is 0.276. The van der Waals surface area contributed by atoms with Gasteiger partial charge >= 0.3 is 0 Å². The number of hydrogen-bond acceptors (Lipinski definition) is 2. The number of aliphatic hydroxyl groups excluding tert-OH is 1. The first-order valence-electron chi connectivity index (χ1n) is 6.35. The Morgan fingerprint density at radius 3 is 2.89 bits per heavy atom. The van der Waals surface area contributed by atoms with Gasteiger partial charge in [0.2, 0.25) is 0 Å². The predicted molar refractivity (Wildman–Crippen MR) is 78.6 cm³/mol. The van der Waals surface area contributed by atoms with E-state index in [1.165, 1.54) is 5.56 Å². The molecule has 0 aliphatic carbocycles. The maximum absolute atomic E-state index is 10.7. The van der Waals surface area contributed by atoms with Crippen LogP contribution in [0.15, 0.2) is 40.9 Å². The molecule has 1 atom stereocenters. The highest BCUT2D eigenvalue weighted by atomic mass is 79.9. The zero-order valence-electron chi connectivity index (χ0n) is 10.7. The Balaban J connectivity index is 2.07. The molecule has 0 bridgehead atoms. The van der Waals surface area contributed by atoms with Crippen LogP contribution in [-0.2, 0) is 6.42 Å². The minimum atomic E-state index is -0.648. The average Bonchev–Trinajstić information content (AvgIpc) is 2.89. The molecule has 1 heterocycles. The van der Waals surface area contributed by atoms with Gasteiger partial charge in [-0.1, -0.05) is 40.2 Å². The van der Waals surface area contributed by atoms with E-state index in [2.05, 4.69) is 22.0 Å². The molecule has 0 fully saturated rings. The summed E-state index contributed by atoms with van der Waals surface area (Å²) in [4.78, 5) is 0. The summed E-state index contributed by atoms with van der Waals surface area (Å²) < 4.78 is 6.64. The van der Waals surface area contributed by atoms with Gasteiger partial charge in [-0.25, -0.2) is 0 Å². The van der Waals surface area contributed by atoms with Gasteiger partial charge in [-0.2, -0.15) is 0 Å². The number of halogens is 1. The van der Waals surface area contributed by atoms with Crippen LogP contribution in [0.25, 0.3) is 0 Å². The molecular formula is C16H15BrO2. The van der Waals surface area contributed by atoms with Gasteiger partial charge < -0.3 is 9.84 Å². The standard InChI is InChI=1S/C16H15BrO2/c1-10-5-6-12(17)9-14(10)15(18)13-4-2-3-11-7-8-19-16(11)13/h2-6,9,15,18H,7-8H2,1H3. The van der Waals surface area contributed by atoms with Crippen molar-refractivity contribution >= 4 is 15.9 Å². The second kappa shape index (κ2) is 4.99. The van der Waals surface area contributed by atoms with Gasteiger partial charge in [0.25, 0.3) is 0 Å². The highest BCUT2D eigenvalue weighted by Gasteiger charge is 2.22. The molecule has 1 N–H and O–H groups in total. The third-order valence-electron chi connectivity index (χ3n) is 3.58. The van der Waals surface area contributed by atoms with Crippen LogP contribution in [0.4, 0.5) is 0 Å². The molecule has 3 rings (SSSR count). The van der Waals surface area contributed by atoms with Crippen LogP contribution >= 0.6 is 15.9 Å². The minimum Gasteiger partial charge on any atom is -0.493 e. The molecule has 0 spiro atoms. The van der Waals surface area contributed by atoms with E-state index in [9.17, 15) is 5.11 Å². The van der Waals surface area contributed by atoms with Gasteiger partial charge in [-0.05, 0) is 35.7 Å². The first kappa shape index (κ1) is 12.7. The molecule has 2 aromatic carbocycles. The van der Waals surface area contributed by atoms with E-state index in [4.69, 9.17) is 4.74 Å². The quantitative estimate of drug-likeness (QED) is 0.913. The highest BCUT2D eigenvalue weighted by molar-refractivity contribution is 9.10. The molecule has 0 amide bonds. The molecule has 1 unspecified atom stereocenters. The van der Waals surface area contributed by atoms with E-state index in [0.29, 0.717) is 6.61 Å². The van der Waals surface area contributed by atoms with Crippen LogP contribution in [-0.4, -0.2) is 11.7 Å². The lowest BCUT2D eigenvalue weighted by Crippen LogP contribution is -2.04. The van der Waals surface area contributed by atoms with E-state index in [1.807, 2.05) is 37.3 Å². The van der Waals surface area contributed by atoms with Crippen molar-refractivity contribution in [2.75, 3.05) is 6.61 Å². The summed E-state index contributed by atoms with van der Waals surface area (Å²) in [5, 5.41) is 10.7. The summed E-state index contributed by atoms with van der Waals surface area (Å²) >= 11 is 3.46. The number of ether oxygens (including phenoxy) is 1. The van der Waals surface area contributed by atoms with E-state index in [-0.39, 0.29) is 0 Å². The number of benzene rings is 2. The van der Waals surface area contributed by atoms with Crippen molar-refractivity contribution in [1.29, 1.82) is 0 Å². The van der Waals surface area contributed by atoms with Crippen molar-refractivity contribution < 1.29 is 9.84 Å². The van der Waals surface area contributed by atoms with Crippen LogP contribution in [0.1, 0.15) is 28.4 Å². The van der Waals surface area contributed by atoms with Crippen molar-refractivity contribution in [3.05, 3.63) is 63.1 Å². The fraction of sp³-hybridized carbons (Fsp3) is 0.250. The zero-order chi connectivity index (χ0) is 13.4. The molecule has 0 radical (unpaired) electrons. The normalized spacial score (nSPS) is 14.9. The number of rotatable bonds is 2. The lowest BCUT2D eigenvalue weighted by molar-refractivity contribution is 0.213. The van der Waals surface area contributed by atoms with Gasteiger partial charge in [0.15, 0.2) is 0 Å². The molecule has 3 heteroatoms. The Morgan fingerprint density at radius 2 is 2.05 bits per heavy atom. The number of para-hydroxylation sites is 1. The Bertz CT molecular complexity index is 622. The van der Waals surface area contributed by atoms with Crippen molar-refractivity contribution in [3.63, 3.8) is 0 Å².